The van der Waals surface area contributed by atoms with Crippen molar-refractivity contribution in [3.8, 4) is 0 Å². The van der Waals surface area contributed by atoms with E-state index in [2.05, 4.69) is 29.1 Å². The number of nitrogens with one attached hydrogen (secondary N) is 1. The molecule has 1 aromatic heterocycles. The van der Waals surface area contributed by atoms with Crippen LogP contribution in [0, 0.1) is 10.1 Å². The van der Waals surface area contributed by atoms with E-state index < -0.39 is 4.92 Å². The van der Waals surface area contributed by atoms with Crippen molar-refractivity contribution in [3.63, 3.8) is 0 Å². The van der Waals surface area contributed by atoms with Crippen LogP contribution in [0.5, 0.6) is 0 Å². The lowest BCUT2D eigenvalue weighted by molar-refractivity contribution is -0.383. The van der Waals surface area contributed by atoms with E-state index >= 15 is 0 Å². The summed E-state index contributed by atoms with van der Waals surface area (Å²) < 4.78 is 0.195. The van der Waals surface area contributed by atoms with Crippen molar-refractivity contribution in [2.24, 2.45) is 0 Å². The first-order valence-electron chi connectivity index (χ1n) is 7.07. The van der Waals surface area contributed by atoms with Gasteiger partial charge in [0, 0.05) is 30.1 Å². The number of nitro groups is 1. The highest BCUT2D eigenvalue weighted by molar-refractivity contribution is 8.00. The first-order valence-corrected chi connectivity index (χ1v) is 8.05. The van der Waals surface area contributed by atoms with Crippen molar-refractivity contribution in [2.75, 3.05) is 35.6 Å². The Hall–Kier alpha value is -1.57. The van der Waals surface area contributed by atoms with Gasteiger partial charge >= 0.3 is 5.69 Å². The van der Waals surface area contributed by atoms with Crippen LogP contribution in [0.15, 0.2) is 6.33 Å². The van der Waals surface area contributed by atoms with Crippen LogP contribution >= 0.6 is 11.8 Å². The minimum atomic E-state index is -0.392. The van der Waals surface area contributed by atoms with Crippen LogP contribution in [-0.2, 0) is 0 Å². The third-order valence-corrected chi connectivity index (χ3v) is 4.84. The fourth-order valence-corrected chi connectivity index (χ4v) is 3.40. The van der Waals surface area contributed by atoms with Crippen LogP contribution in [0.4, 0.5) is 17.3 Å². The van der Waals surface area contributed by atoms with E-state index in [0.29, 0.717) is 18.2 Å². The molecular formula is C13H21N5O2S. The van der Waals surface area contributed by atoms with Crippen molar-refractivity contribution in [1.82, 2.24) is 9.97 Å². The van der Waals surface area contributed by atoms with Gasteiger partial charge in [-0.2, -0.15) is 11.8 Å². The van der Waals surface area contributed by atoms with E-state index in [9.17, 15) is 10.1 Å². The number of nitrogens with zero attached hydrogens (tertiary/aromatic N) is 4. The van der Waals surface area contributed by atoms with E-state index in [1.807, 2.05) is 23.6 Å². The number of hydrogen-bond acceptors (Lipinski definition) is 7. The third-order valence-electron chi connectivity index (χ3n) is 3.47. The largest absolute Gasteiger partial charge is 0.364 e. The number of hydrogen-bond donors (Lipinski definition) is 1. The van der Waals surface area contributed by atoms with Gasteiger partial charge in [-0.15, -0.1) is 0 Å². The van der Waals surface area contributed by atoms with Crippen molar-refractivity contribution in [2.45, 2.75) is 31.9 Å². The molecule has 1 N–H and O–H groups in total. The number of rotatable bonds is 4. The zero-order valence-corrected chi connectivity index (χ0v) is 13.4. The van der Waals surface area contributed by atoms with Crippen LogP contribution in [-0.4, -0.2) is 45.0 Å². The molecule has 1 aliphatic heterocycles. The molecule has 0 unspecified atom stereocenters. The Bertz CT molecular complexity index is 523. The molecule has 1 aromatic rings. The van der Waals surface area contributed by atoms with Gasteiger partial charge in [-0.25, -0.2) is 9.97 Å². The van der Waals surface area contributed by atoms with Gasteiger partial charge in [0.25, 0.3) is 0 Å². The first kappa shape index (κ1) is 15.8. The van der Waals surface area contributed by atoms with Gasteiger partial charge < -0.3 is 10.2 Å². The molecule has 1 saturated heterocycles. The molecular weight excluding hydrogens is 290 g/mol. The van der Waals surface area contributed by atoms with Gasteiger partial charge in [0.2, 0.25) is 11.6 Å². The fourth-order valence-electron chi connectivity index (χ4n) is 2.30. The number of anilines is 2. The number of thioether (sulfide) groups is 1. The molecule has 0 aromatic carbocycles. The Kier molecular flexibility index (Phi) is 4.87. The average molecular weight is 311 g/mol. The summed E-state index contributed by atoms with van der Waals surface area (Å²) in [5.74, 6) is 1.65. The topological polar surface area (TPSA) is 84.2 Å². The summed E-state index contributed by atoms with van der Waals surface area (Å²) in [6, 6.07) is 0. The lowest BCUT2D eigenvalue weighted by Gasteiger charge is -2.23. The Balaban J connectivity index is 2.34. The maximum absolute atomic E-state index is 11.4. The van der Waals surface area contributed by atoms with Crippen LogP contribution in [0.2, 0.25) is 0 Å². The number of aromatic nitrogens is 2. The quantitative estimate of drug-likeness (QED) is 0.675. The lowest BCUT2D eigenvalue weighted by atomic mass is 10.1. The van der Waals surface area contributed by atoms with Gasteiger partial charge in [-0.05, 0) is 13.3 Å². The van der Waals surface area contributed by atoms with Gasteiger partial charge in [0.05, 0.1) is 4.92 Å². The van der Waals surface area contributed by atoms with Crippen LogP contribution in [0.1, 0.15) is 27.2 Å². The molecule has 0 bridgehead atoms. The van der Waals surface area contributed by atoms with Crippen molar-refractivity contribution in [3.05, 3.63) is 16.4 Å². The molecule has 0 atom stereocenters. The molecule has 0 saturated carbocycles. The first-order chi connectivity index (χ1) is 9.94. The molecule has 116 valence electrons. The Morgan fingerprint density at radius 2 is 2.24 bits per heavy atom. The lowest BCUT2D eigenvalue weighted by Crippen LogP contribution is -2.29. The van der Waals surface area contributed by atoms with E-state index in [1.165, 1.54) is 6.33 Å². The highest BCUT2D eigenvalue weighted by Crippen LogP contribution is 2.36. The predicted molar refractivity (Wildman–Crippen MR) is 86.2 cm³/mol. The normalized spacial score (nSPS) is 18.1. The molecule has 21 heavy (non-hydrogen) atoms. The molecule has 1 aliphatic rings. The Labute approximate surface area is 128 Å². The molecule has 2 rings (SSSR count). The maximum atomic E-state index is 11.4. The second kappa shape index (κ2) is 6.46. The monoisotopic (exact) mass is 311 g/mol. The maximum Gasteiger partial charge on any atom is 0.353 e. The summed E-state index contributed by atoms with van der Waals surface area (Å²) in [5.41, 5.74) is -0.0240. The minimum Gasteiger partial charge on any atom is -0.364 e. The summed E-state index contributed by atoms with van der Waals surface area (Å²) >= 11 is 1.90. The minimum absolute atomic E-state index is 0.0240. The predicted octanol–water partition coefficient (Wildman–Crippen LogP) is 2.54. The molecule has 2 heterocycles. The highest BCUT2D eigenvalue weighted by atomic mass is 32.2. The molecule has 0 amide bonds. The van der Waals surface area contributed by atoms with Gasteiger partial charge in [0.15, 0.2) is 0 Å². The molecule has 8 heteroatoms. The third kappa shape index (κ3) is 3.75. The zero-order chi connectivity index (χ0) is 15.5. The highest BCUT2D eigenvalue weighted by Gasteiger charge is 2.30. The fraction of sp³-hybridized carbons (Fsp3) is 0.692. The summed E-state index contributed by atoms with van der Waals surface area (Å²) in [4.78, 5) is 21.2. The smallest absolute Gasteiger partial charge is 0.353 e. The van der Waals surface area contributed by atoms with Gasteiger partial charge in [0.1, 0.15) is 6.33 Å². The standard InChI is InChI=1S/C13H21N5O2S/c1-4-14-11-10(18(19)20)12(16-9-15-11)17-6-5-13(2,3)21-8-7-17/h9H,4-8H2,1-3H3,(H,14,15,16). The molecule has 0 aliphatic carbocycles. The van der Waals surface area contributed by atoms with Gasteiger partial charge in [-0.1, -0.05) is 13.8 Å². The van der Waals surface area contributed by atoms with Crippen LogP contribution in [0.3, 0.4) is 0 Å². The Morgan fingerprint density at radius 1 is 1.48 bits per heavy atom. The Morgan fingerprint density at radius 3 is 2.90 bits per heavy atom. The zero-order valence-electron chi connectivity index (χ0n) is 12.6. The van der Waals surface area contributed by atoms with E-state index in [-0.39, 0.29) is 10.4 Å². The molecule has 7 nitrogen and oxygen atoms in total. The van der Waals surface area contributed by atoms with Crippen molar-refractivity contribution >= 4 is 29.1 Å². The molecule has 0 spiro atoms. The van der Waals surface area contributed by atoms with E-state index in [0.717, 1.165) is 25.3 Å². The van der Waals surface area contributed by atoms with Crippen LogP contribution < -0.4 is 10.2 Å². The summed E-state index contributed by atoms with van der Waals surface area (Å²) in [7, 11) is 0. The van der Waals surface area contributed by atoms with Crippen molar-refractivity contribution < 1.29 is 4.92 Å². The second-order valence-corrected chi connectivity index (χ2v) is 7.33. The van der Waals surface area contributed by atoms with Gasteiger partial charge in [-0.3, -0.25) is 10.1 Å². The molecule has 0 radical (unpaired) electrons. The SMILES string of the molecule is CCNc1ncnc(N2CCSC(C)(C)CC2)c1[N+](=O)[O-]. The van der Waals surface area contributed by atoms with E-state index in [1.54, 1.807) is 0 Å². The van der Waals surface area contributed by atoms with Crippen LogP contribution in [0.25, 0.3) is 0 Å². The van der Waals surface area contributed by atoms with Crippen molar-refractivity contribution in [1.29, 1.82) is 0 Å². The molecule has 1 fully saturated rings. The second-order valence-electron chi connectivity index (χ2n) is 5.53. The van der Waals surface area contributed by atoms with E-state index in [4.69, 9.17) is 0 Å². The summed E-state index contributed by atoms with van der Waals surface area (Å²) in [6.45, 7) is 8.41. The average Bonchev–Trinajstić information content (AvgIpc) is 2.59. The summed E-state index contributed by atoms with van der Waals surface area (Å²) in [5, 5.41) is 14.4. The summed E-state index contributed by atoms with van der Waals surface area (Å²) in [6.07, 6.45) is 2.36.